The molecule has 4 aromatic rings. The van der Waals surface area contributed by atoms with E-state index < -0.39 is 28.7 Å². The van der Waals surface area contributed by atoms with E-state index in [9.17, 15) is 18.4 Å². The summed E-state index contributed by atoms with van der Waals surface area (Å²) in [6.45, 7) is 2.29. The molecule has 4 rings (SSSR count). The van der Waals surface area contributed by atoms with Crippen LogP contribution in [-0.4, -0.2) is 32.9 Å². The quantitative estimate of drug-likeness (QED) is 0.427. The summed E-state index contributed by atoms with van der Waals surface area (Å²) in [5, 5.41) is 8.00. The van der Waals surface area contributed by atoms with Crippen LogP contribution in [0, 0.1) is 11.6 Å². The molecule has 0 aliphatic heterocycles. The lowest BCUT2D eigenvalue weighted by Gasteiger charge is -2.07. The zero-order valence-electron chi connectivity index (χ0n) is 15.9. The molecule has 1 amide bonds. The van der Waals surface area contributed by atoms with Crippen LogP contribution in [0.1, 0.15) is 19.8 Å². The Morgan fingerprint density at radius 1 is 1.17 bits per heavy atom. The van der Waals surface area contributed by atoms with Crippen LogP contribution in [0.25, 0.3) is 33.1 Å². The van der Waals surface area contributed by atoms with E-state index in [1.54, 1.807) is 18.2 Å². The molecule has 0 atom stereocenters. The molecule has 8 nitrogen and oxygen atoms in total. The molecule has 0 saturated carbocycles. The average Bonchev–Trinajstić information content (AvgIpc) is 3.12. The lowest BCUT2D eigenvalue weighted by Crippen LogP contribution is -2.15. The third-order valence-electron chi connectivity index (χ3n) is 4.54. The normalized spacial score (nSPS) is 11.2. The van der Waals surface area contributed by atoms with Crippen LogP contribution < -0.4 is 10.9 Å². The molecule has 0 aliphatic rings. The van der Waals surface area contributed by atoms with Crippen molar-refractivity contribution >= 4 is 33.8 Å². The van der Waals surface area contributed by atoms with Crippen LogP contribution in [0.2, 0.25) is 0 Å². The van der Waals surface area contributed by atoms with Crippen molar-refractivity contribution < 1.29 is 18.3 Å². The number of imidazole rings is 1. The summed E-state index contributed by atoms with van der Waals surface area (Å²) >= 11 is 0. The Labute approximate surface area is 168 Å². The summed E-state index contributed by atoms with van der Waals surface area (Å²) in [5.41, 5.74) is 0.735. The number of hydrogen-bond donors (Lipinski definition) is 3. The number of nitrogens with zero attached hydrogens (tertiary/aromatic N) is 2. The smallest absolute Gasteiger partial charge is 0.413 e. The van der Waals surface area contributed by atoms with Gasteiger partial charge in [-0.2, -0.15) is 5.10 Å². The average molecular weight is 413 g/mol. The van der Waals surface area contributed by atoms with Gasteiger partial charge in [-0.05, 0) is 30.7 Å². The zero-order chi connectivity index (χ0) is 21.3. The minimum Gasteiger partial charge on any atom is -0.449 e. The Hall–Kier alpha value is -3.82. The van der Waals surface area contributed by atoms with Crippen molar-refractivity contribution in [2.45, 2.75) is 19.8 Å². The Bertz CT molecular complexity index is 1320. The highest BCUT2D eigenvalue weighted by Gasteiger charge is 2.17. The molecule has 0 radical (unpaired) electrons. The molecule has 2 aromatic carbocycles. The highest BCUT2D eigenvalue weighted by Crippen LogP contribution is 2.30. The second-order valence-corrected chi connectivity index (χ2v) is 6.61. The molecule has 0 unspecified atom stereocenters. The Kier molecular flexibility index (Phi) is 5.13. The molecule has 0 aliphatic carbocycles. The van der Waals surface area contributed by atoms with Crippen molar-refractivity contribution in [1.29, 1.82) is 0 Å². The van der Waals surface area contributed by atoms with Gasteiger partial charge in [0.25, 0.3) is 5.56 Å². The van der Waals surface area contributed by atoms with Crippen molar-refractivity contribution in [2.75, 3.05) is 11.9 Å². The van der Waals surface area contributed by atoms with Gasteiger partial charge >= 0.3 is 6.09 Å². The molecule has 0 fully saturated rings. The number of ether oxygens (including phenoxy) is 1. The molecule has 10 heteroatoms. The first kappa shape index (κ1) is 19.5. The van der Waals surface area contributed by atoms with Crippen LogP contribution in [-0.2, 0) is 4.74 Å². The molecule has 154 valence electrons. The first-order valence-electron chi connectivity index (χ1n) is 9.28. The van der Waals surface area contributed by atoms with Gasteiger partial charge in [-0.25, -0.2) is 23.7 Å². The van der Waals surface area contributed by atoms with Crippen molar-refractivity contribution in [3.63, 3.8) is 0 Å². The highest BCUT2D eigenvalue weighted by molar-refractivity contribution is 5.96. The van der Waals surface area contributed by atoms with Gasteiger partial charge in [0.1, 0.15) is 17.3 Å². The van der Waals surface area contributed by atoms with Gasteiger partial charge in [0.2, 0.25) is 5.95 Å². The number of unbranched alkanes of at least 4 members (excludes halogenated alkanes) is 1. The van der Waals surface area contributed by atoms with E-state index in [1.807, 2.05) is 6.92 Å². The summed E-state index contributed by atoms with van der Waals surface area (Å²) < 4.78 is 33.6. The van der Waals surface area contributed by atoms with Gasteiger partial charge in [0.05, 0.1) is 28.4 Å². The number of nitrogens with one attached hydrogen (secondary N) is 3. The van der Waals surface area contributed by atoms with Crippen LogP contribution in [0.5, 0.6) is 0 Å². The summed E-state index contributed by atoms with van der Waals surface area (Å²) in [6.07, 6.45) is 1.03. The lowest BCUT2D eigenvalue weighted by atomic mass is 10.0. The number of hydrogen-bond acceptors (Lipinski definition) is 5. The standard InChI is InChI=1S/C20H17F2N5O3/c1-2-3-8-30-20(29)25-19-23-13-7-4-10(9-14(13)24-19)17-15-11(21)5-6-12(22)16(15)18(28)27-26-17/h4-7,9H,2-3,8H2,1H3,(H,27,28)(H2,23,24,25,29). The number of carbonyl (C=O) groups excluding carboxylic acids is 1. The summed E-state index contributed by atoms with van der Waals surface area (Å²) in [7, 11) is 0. The summed E-state index contributed by atoms with van der Waals surface area (Å²) in [6, 6.07) is 6.69. The molecule has 0 saturated heterocycles. The molecule has 3 N–H and O–H groups in total. The molecule has 0 bridgehead atoms. The molecule has 30 heavy (non-hydrogen) atoms. The second kappa shape index (κ2) is 7.90. The van der Waals surface area contributed by atoms with Crippen molar-refractivity contribution in [3.05, 3.63) is 52.3 Å². The van der Waals surface area contributed by atoms with Crippen molar-refractivity contribution in [2.24, 2.45) is 0 Å². The minimum atomic E-state index is -0.841. The SMILES string of the molecule is CCCCOC(=O)Nc1nc2ccc(-c3n[nH]c(=O)c4c(F)ccc(F)c34)cc2[nH]1. The number of benzene rings is 2. The van der Waals surface area contributed by atoms with Gasteiger partial charge in [-0.3, -0.25) is 10.1 Å². The Balaban J connectivity index is 1.71. The van der Waals surface area contributed by atoms with Crippen molar-refractivity contribution in [1.82, 2.24) is 20.2 Å². The maximum absolute atomic E-state index is 14.4. The fourth-order valence-electron chi connectivity index (χ4n) is 3.09. The van der Waals surface area contributed by atoms with E-state index in [0.717, 1.165) is 25.0 Å². The van der Waals surface area contributed by atoms with Gasteiger partial charge in [0.15, 0.2) is 0 Å². The number of fused-ring (bicyclic) bond motifs is 2. The van der Waals surface area contributed by atoms with Gasteiger partial charge < -0.3 is 9.72 Å². The van der Waals surface area contributed by atoms with Crippen LogP contribution >= 0.6 is 0 Å². The third-order valence-corrected chi connectivity index (χ3v) is 4.54. The lowest BCUT2D eigenvalue weighted by molar-refractivity contribution is 0.159. The Morgan fingerprint density at radius 3 is 2.70 bits per heavy atom. The van der Waals surface area contributed by atoms with Gasteiger partial charge in [-0.1, -0.05) is 19.4 Å². The van der Waals surface area contributed by atoms with Crippen molar-refractivity contribution in [3.8, 4) is 11.3 Å². The van der Waals surface area contributed by atoms with Gasteiger partial charge in [-0.15, -0.1) is 0 Å². The number of H-pyrrole nitrogens is 2. The van der Waals surface area contributed by atoms with E-state index in [0.29, 0.717) is 23.2 Å². The van der Waals surface area contributed by atoms with E-state index in [2.05, 4.69) is 25.5 Å². The highest BCUT2D eigenvalue weighted by atomic mass is 19.1. The van der Waals surface area contributed by atoms with E-state index in [1.165, 1.54) is 0 Å². The molecule has 2 aromatic heterocycles. The van der Waals surface area contributed by atoms with E-state index in [4.69, 9.17) is 4.74 Å². The Morgan fingerprint density at radius 2 is 1.93 bits per heavy atom. The van der Waals surface area contributed by atoms with Crippen LogP contribution in [0.15, 0.2) is 35.1 Å². The molecule has 2 heterocycles. The largest absolute Gasteiger partial charge is 0.449 e. The molecule has 0 spiro atoms. The van der Waals surface area contributed by atoms with E-state index >= 15 is 0 Å². The molecular formula is C20H17F2N5O3. The minimum absolute atomic E-state index is 0.0755. The van der Waals surface area contributed by atoms with Crippen LogP contribution in [0.3, 0.4) is 0 Å². The third kappa shape index (κ3) is 3.59. The fourth-order valence-corrected chi connectivity index (χ4v) is 3.09. The topological polar surface area (TPSA) is 113 Å². The monoisotopic (exact) mass is 413 g/mol. The van der Waals surface area contributed by atoms with E-state index in [-0.39, 0.29) is 17.0 Å². The van der Waals surface area contributed by atoms with Crippen LogP contribution in [0.4, 0.5) is 19.5 Å². The van der Waals surface area contributed by atoms with Gasteiger partial charge in [0, 0.05) is 5.56 Å². The zero-order valence-corrected chi connectivity index (χ0v) is 15.9. The number of anilines is 1. The first-order valence-corrected chi connectivity index (χ1v) is 9.28. The summed E-state index contributed by atoms with van der Waals surface area (Å²) in [4.78, 5) is 30.9. The number of carbonyl (C=O) groups is 1. The number of aromatic nitrogens is 4. The number of aromatic amines is 2. The number of amides is 1. The maximum atomic E-state index is 14.4. The maximum Gasteiger partial charge on any atom is 0.413 e. The second-order valence-electron chi connectivity index (χ2n) is 6.61. The fraction of sp³-hybridized carbons (Fsp3) is 0.200. The summed E-state index contributed by atoms with van der Waals surface area (Å²) in [5.74, 6) is -1.42. The molecular weight excluding hydrogens is 396 g/mol. The predicted octanol–water partition coefficient (Wildman–Crippen LogP) is 4.09. The number of halogens is 2. The first-order chi connectivity index (χ1) is 14.5. The number of rotatable bonds is 5. The predicted molar refractivity (Wildman–Crippen MR) is 107 cm³/mol.